The Bertz CT molecular complexity index is 679. The lowest BCUT2D eigenvalue weighted by molar-refractivity contribution is -0.115. The van der Waals surface area contributed by atoms with Gasteiger partial charge < -0.3 is 20.6 Å². The van der Waals surface area contributed by atoms with E-state index in [0.29, 0.717) is 5.56 Å². The van der Waals surface area contributed by atoms with Gasteiger partial charge in [0.25, 0.3) is 0 Å². The molecule has 0 bridgehead atoms. The lowest BCUT2D eigenvalue weighted by Gasteiger charge is -2.09. The molecule has 0 fully saturated rings. The maximum atomic E-state index is 11.9. The largest absolute Gasteiger partial charge is 0.508 e. The zero-order valence-electron chi connectivity index (χ0n) is 10.9. The average molecular weight is 287 g/mol. The van der Waals surface area contributed by atoms with Crippen molar-refractivity contribution in [3.63, 3.8) is 0 Å². The number of aromatic carboxylic acids is 1. The Labute approximate surface area is 120 Å². The summed E-state index contributed by atoms with van der Waals surface area (Å²) < 4.78 is 0. The second-order valence-electron chi connectivity index (χ2n) is 4.40. The van der Waals surface area contributed by atoms with Crippen LogP contribution in [0.15, 0.2) is 42.5 Å². The fraction of sp³-hybridized carbons (Fsp3) is 0.0667. The van der Waals surface area contributed by atoms with E-state index >= 15 is 0 Å². The number of hydrogen-bond donors (Lipinski definition) is 4. The zero-order valence-corrected chi connectivity index (χ0v) is 10.9. The zero-order chi connectivity index (χ0) is 15.4. The second-order valence-corrected chi connectivity index (χ2v) is 4.40. The molecule has 0 radical (unpaired) electrons. The van der Waals surface area contributed by atoms with E-state index in [0.717, 1.165) is 0 Å². The first-order chi connectivity index (χ1) is 9.97. The van der Waals surface area contributed by atoms with Crippen molar-refractivity contribution < 1.29 is 24.9 Å². The van der Waals surface area contributed by atoms with Crippen molar-refractivity contribution >= 4 is 17.6 Å². The summed E-state index contributed by atoms with van der Waals surface area (Å²) in [6.45, 7) is 0. The SMILES string of the molecule is O=C(Cc1ccc(O)cc1)Nc1cccc(C(=O)O)c1O. The quantitative estimate of drug-likeness (QED) is 0.643. The third-order valence-electron chi connectivity index (χ3n) is 2.84. The Balaban J connectivity index is 2.11. The van der Waals surface area contributed by atoms with E-state index in [9.17, 15) is 14.7 Å². The van der Waals surface area contributed by atoms with Crippen LogP contribution in [0.1, 0.15) is 15.9 Å². The number of aromatic hydroxyl groups is 2. The molecular weight excluding hydrogens is 274 g/mol. The number of anilines is 1. The standard InChI is InChI=1S/C15H13NO5/c17-10-6-4-9(5-7-10)8-13(18)16-12-3-1-2-11(14(12)19)15(20)21/h1-7,17,19H,8H2,(H,16,18)(H,20,21). The van der Waals surface area contributed by atoms with Gasteiger partial charge in [0, 0.05) is 0 Å². The highest BCUT2D eigenvalue weighted by molar-refractivity contribution is 5.98. The topological polar surface area (TPSA) is 107 Å². The van der Waals surface area contributed by atoms with Crippen molar-refractivity contribution in [3.05, 3.63) is 53.6 Å². The molecule has 2 rings (SSSR count). The molecule has 0 aliphatic heterocycles. The summed E-state index contributed by atoms with van der Waals surface area (Å²) in [5, 5.41) is 30.3. The van der Waals surface area contributed by atoms with Gasteiger partial charge in [-0.1, -0.05) is 18.2 Å². The lowest BCUT2D eigenvalue weighted by atomic mass is 10.1. The van der Waals surface area contributed by atoms with Crippen LogP contribution in [-0.2, 0) is 11.2 Å². The number of carboxylic acids is 1. The highest BCUT2D eigenvalue weighted by atomic mass is 16.4. The summed E-state index contributed by atoms with van der Waals surface area (Å²) in [5.41, 5.74) is 0.440. The van der Waals surface area contributed by atoms with Crippen molar-refractivity contribution in [2.75, 3.05) is 5.32 Å². The maximum Gasteiger partial charge on any atom is 0.339 e. The van der Waals surface area contributed by atoms with Crippen LogP contribution in [0.5, 0.6) is 11.5 Å². The third kappa shape index (κ3) is 3.50. The fourth-order valence-corrected chi connectivity index (χ4v) is 1.81. The smallest absolute Gasteiger partial charge is 0.339 e. The fourth-order valence-electron chi connectivity index (χ4n) is 1.81. The predicted octanol–water partition coefficient (Wildman–Crippen LogP) is 1.98. The predicted molar refractivity (Wildman–Crippen MR) is 75.5 cm³/mol. The second kappa shape index (κ2) is 5.96. The maximum absolute atomic E-state index is 11.9. The molecule has 4 N–H and O–H groups in total. The monoisotopic (exact) mass is 287 g/mol. The first-order valence-corrected chi connectivity index (χ1v) is 6.10. The lowest BCUT2D eigenvalue weighted by Crippen LogP contribution is -2.15. The first kappa shape index (κ1) is 14.4. The van der Waals surface area contributed by atoms with Gasteiger partial charge >= 0.3 is 5.97 Å². The summed E-state index contributed by atoms with van der Waals surface area (Å²) in [4.78, 5) is 22.8. The molecule has 0 saturated carbocycles. The number of phenols is 2. The van der Waals surface area contributed by atoms with Gasteiger partial charge in [-0.25, -0.2) is 4.79 Å². The molecule has 0 saturated heterocycles. The Morgan fingerprint density at radius 2 is 1.67 bits per heavy atom. The molecule has 0 unspecified atom stereocenters. The highest BCUT2D eigenvalue weighted by Gasteiger charge is 2.14. The minimum absolute atomic E-state index is 0.0387. The summed E-state index contributed by atoms with van der Waals surface area (Å²) >= 11 is 0. The van der Waals surface area contributed by atoms with Crippen molar-refractivity contribution in [1.82, 2.24) is 0 Å². The number of benzene rings is 2. The van der Waals surface area contributed by atoms with Crippen LogP contribution >= 0.6 is 0 Å². The molecule has 0 aliphatic carbocycles. The van der Waals surface area contributed by atoms with Crippen LogP contribution in [0.3, 0.4) is 0 Å². The van der Waals surface area contributed by atoms with Crippen molar-refractivity contribution in [3.8, 4) is 11.5 Å². The number of carbonyl (C=O) groups excluding carboxylic acids is 1. The molecule has 1 amide bonds. The highest BCUT2D eigenvalue weighted by Crippen LogP contribution is 2.27. The molecule has 108 valence electrons. The van der Waals surface area contributed by atoms with E-state index in [1.54, 1.807) is 12.1 Å². The van der Waals surface area contributed by atoms with Crippen LogP contribution in [0.2, 0.25) is 0 Å². The van der Waals surface area contributed by atoms with Gasteiger partial charge in [0.05, 0.1) is 12.1 Å². The van der Waals surface area contributed by atoms with Crippen LogP contribution in [0.4, 0.5) is 5.69 Å². The third-order valence-corrected chi connectivity index (χ3v) is 2.84. The summed E-state index contributed by atoms with van der Waals surface area (Å²) in [5.74, 6) is -2.06. The van der Waals surface area contributed by atoms with Gasteiger partial charge in [-0.05, 0) is 29.8 Å². The van der Waals surface area contributed by atoms with Crippen LogP contribution < -0.4 is 5.32 Å². The first-order valence-electron chi connectivity index (χ1n) is 6.10. The number of carbonyl (C=O) groups is 2. The molecule has 2 aromatic rings. The minimum Gasteiger partial charge on any atom is -0.508 e. The number of carboxylic acid groups (broad SMARTS) is 1. The molecule has 0 atom stereocenters. The molecule has 6 nitrogen and oxygen atoms in total. The average Bonchev–Trinajstić information content (AvgIpc) is 2.43. The number of amides is 1. The van der Waals surface area contributed by atoms with Crippen LogP contribution in [0.25, 0.3) is 0 Å². The molecule has 0 aliphatic rings. The molecule has 6 heteroatoms. The number of rotatable bonds is 4. The van der Waals surface area contributed by atoms with E-state index in [4.69, 9.17) is 10.2 Å². The van der Waals surface area contributed by atoms with E-state index in [2.05, 4.69) is 5.32 Å². The van der Waals surface area contributed by atoms with Gasteiger partial charge in [-0.2, -0.15) is 0 Å². The summed E-state index contributed by atoms with van der Waals surface area (Å²) in [6, 6.07) is 10.2. The van der Waals surface area contributed by atoms with E-state index in [-0.39, 0.29) is 23.4 Å². The summed E-state index contributed by atoms with van der Waals surface area (Å²) in [6.07, 6.45) is 0.0387. The Morgan fingerprint density at radius 1 is 1.00 bits per heavy atom. The molecule has 2 aromatic carbocycles. The van der Waals surface area contributed by atoms with Gasteiger partial charge in [-0.15, -0.1) is 0 Å². The number of para-hydroxylation sites is 1. The summed E-state index contributed by atoms with van der Waals surface area (Å²) in [7, 11) is 0. The number of phenolic OH excluding ortho intramolecular Hbond substituents is 1. The number of nitrogens with one attached hydrogen (secondary N) is 1. The van der Waals surface area contributed by atoms with Crippen molar-refractivity contribution in [2.45, 2.75) is 6.42 Å². The normalized spacial score (nSPS) is 10.1. The molecule has 0 aromatic heterocycles. The van der Waals surface area contributed by atoms with E-state index in [1.807, 2.05) is 0 Å². The molecular formula is C15H13NO5. The molecule has 0 spiro atoms. The Morgan fingerprint density at radius 3 is 2.29 bits per heavy atom. The number of hydrogen-bond acceptors (Lipinski definition) is 4. The van der Waals surface area contributed by atoms with E-state index in [1.165, 1.54) is 30.3 Å². The Hall–Kier alpha value is -3.02. The van der Waals surface area contributed by atoms with Crippen LogP contribution in [-0.4, -0.2) is 27.2 Å². The van der Waals surface area contributed by atoms with Crippen molar-refractivity contribution in [2.24, 2.45) is 0 Å². The van der Waals surface area contributed by atoms with Gasteiger partial charge in [-0.3, -0.25) is 4.79 Å². The van der Waals surface area contributed by atoms with Gasteiger partial charge in [0.2, 0.25) is 5.91 Å². The Kier molecular flexibility index (Phi) is 4.08. The molecule has 21 heavy (non-hydrogen) atoms. The van der Waals surface area contributed by atoms with Gasteiger partial charge in [0.15, 0.2) is 5.75 Å². The van der Waals surface area contributed by atoms with Crippen LogP contribution in [0, 0.1) is 0 Å². The molecule has 0 heterocycles. The van der Waals surface area contributed by atoms with Gasteiger partial charge in [0.1, 0.15) is 11.3 Å². The minimum atomic E-state index is -1.28. The van der Waals surface area contributed by atoms with Crippen molar-refractivity contribution in [1.29, 1.82) is 0 Å². The van der Waals surface area contributed by atoms with E-state index < -0.39 is 17.6 Å².